The third-order valence-corrected chi connectivity index (χ3v) is 5.02. The van der Waals surface area contributed by atoms with E-state index >= 15 is 0 Å². The minimum Gasteiger partial charge on any atom is -0.481 e. The number of aryl methyl sites for hydroxylation is 2. The van der Waals surface area contributed by atoms with E-state index in [1.54, 1.807) is 24.3 Å². The number of hydrogen-bond acceptors (Lipinski definition) is 4. The number of nitrogens with one attached hydrogen (secondary N) is 1. The second-order valence-corrected chi connectivity index (χ2v) is 7.06. The quantitative estimate of drug-likeness (QED) is 0.705. The molecule has 2 N–H and O–H groups in total. The third-order valence-electron chi connectivity index (χ3n) is 4.05. The van der Waals surface area contributed by atoms with Gasteiger partial charge in [0.25, 0.3) is 5.91 Å². The summed E-state index contributed by atoms with van der Waals surface area (Å²) in [5, 5.41) is 12.4. The van der Waals surface area contributed by atoms with Crippen LogP contribution in [0, 0.1) is 13.8 Å². The first-order valence-corrected chi connectivity index (χ1v) is 8.91. The average Bonchev–Trinajstić information content (AvgIpc) is 2.99. The molecule has 0 saturated heterocycles. The van der Waals surface area contributed by atoms with Crippen LogP contribution >= 0.6 is 11.3 Å². The summed E-state index contributed by atoms with van der Waals surface area (Å²) in [6.45, 7) is 4.02. The fourth-order valence-electron chi connectivity index (χ4n) is 2.54. The van der Waals surface area contributed by atoms with Crippen LogP contribution in [-0.2, 0) is 11.2 Å². The molecule has 3 rings (SSSR count). The first kappa shape index (κ1) is 17.8. The molecular formula is C20H18N2O3S. The number of aliphatic carboxylic acids is 1. The van der Waals surface area contributed by atoms with Crippen molar-refractivity contribution in [3.05, 3.63) is 70.1 Å². The maximum Gasteiger partial charge on any atom is 0.308 e. The Kier molecular flexibility index (Phi) is 5.14. The molecule has 0 bridgehead atoms. The van der Waals surface area contributed by atoms with Gasteiger partial charge in [-0.2, -0.15) is 0 Å². The molecule has 0 aliphatic carbocycles. The Hall–Kier alpha value is -2.99. The average molecular weight is 366 g/mol. The molecule has 0 spiro atoms. The van der Waals surface area contributed by atoms with Gasteiger partial charge in [-0.3, -0.25) is 14.9 Å². The van der Waals surface area contributed by atoms with Crippen molar-refractivity contribution in [1.29, 1.82) is 0 Å². The SMILES string of the molecule is Cc1ccc(-c2nc(NC(=O)c3ccccc3)sc2CC(=O)O)cc1C. The molecule has 2 aromatic carbocycles. The molecule has 0 aliphatic rings. The summed E-state index contributed by atoms with van der Waals surface area (Å²) in [6.07, 6.45) is -0.138. The summed E-state index contributed by atoms with van der Waals surface area (Å²) >= 11 is 1.19. The largest absolute Gasteiger partial charge is 0.481 e. The van der Waals surface area contributed by atoms with E-state index < -0.39 is 5.97 Å². The summed E-state index contributed by atoms with van der Waals surface area (Å²) in [7, 11) is 0. The molecule has 0 radical (unpaired) electrons. The molecule has 3 aromatic rings. The van der Waals surface area contributed by atoms with E-state index in [-0.39, 0.29) is 12.3 Å². The molecule has 1 heterocycles. The van der Waals surface area contributed by atoms with Crippen LogP contribution in [0.3, 0.4) is 0 Å². The van der Waals surface area contributed by atoms with Gasteiger partial charge in [-0.1, -0.05) is 30.3 Å². The van der Waals surface area contributed by atoms with Gasteiger partial charge >= 0.3 is 5.97 Å². The van der Waals surface area contributed by atoms with Gasteiger partial charge in [0.05, 0.1) is 12.1 Å². The number of rotatable bonds is 5. The Balaban J connectivity index is 1.95. The third kappa shape index (κ3) is 3.97. The monoisotopic (exact) mass is 366 g/mol. The highest BCUT2D eigenvalue weighted by atomic mass is 32.1. The topological polar surface area (TPSA) is 79.3 Å². The van der Waals surface area contributed by atoms with E-state index in [0.29, 0.717) is 21.3 Å². The van der Waals surface area contributed by atoms with Crippen molar-refractivity contribution in [1.82, 2.24) is 4.98 Å². The molecule has 6 heteroatoms. The van der Waals surface area contributed by atoms with Crippen LogP contribution in [0.2, 0.25) is 0 Å². The molecule has 0 aliphatic heterocycles. The lowest BCUT2D eigenvalue weighted by Gasteiger charge is -2.04. The normalized spacial score (nSPS) is 10.5. The number of carboxylic acids is 1. The predicted molar refractivity (Wildman–Crippen MR) is 103 cm³/mol. The molecule has 0 fully saturated rings. The van der Waals surface area contributed by atoms with Gasteiger partial charge in [0, 0.05) is 16.0 Å². The van der Waals surface area contributed by atoms with E-state index in [4.69, 9.17) is 0 Å². The number of anilines is 1. The number of amides is 1. The summed E-state index contributed by atoms with van der Waals surface area (Å²) in [4.78, 5) is 28.7. The molecule has 1 aromatic heterocycles. The Morgan fingerprint density at radius 2 is 1.81 bits per heavy atom. The van der Waals surface area contributed by atoms with Crippen LogP contribution in [0.25, 0.3) is 11.3 Å². The van der Waals surface area contributed by atoms with Crippen molar-refractivity contribution in [3.8, 4) is 11.3 Å². The van der Waals surface area contributed by atoms with Crippen LogP contribution in [-0.4, -0.2) is 22.0 Å². The Bertz CT molecular complexity index is 964. The molecule has 0 atom stereocenters. The second kappa shape index (κ2) is 7.49. The Morgan fingerprint density at radius 1 is 1.08 bits per heavy atom. The molecular weight excluding hydrogens is 348 g/mol. The zero-order valence-electron chi connectivity index (χ0n) is 14.4. The highest BCUT2D eigenvalue weighted by molar-refractivity contribution is 7.16. The number of aromatic nitrogens is 1. The first-order valence-electron chi connectivity index (χ1n) is 8.09. The lowest BCUT2D eigenvalue weighted by atomic mass is 10.0. The van der Waals surface area contributed by atoms with E-state index in [1.807, 2.05) is 38.1 Å². The highest BCUT2D eigenvalue weighted by Crippen LogP contribution is 2.32. The lowest BCUT2D eigenvalue weighted by Crippen LogP contribution is -2.11. The summed E-state index contributed by atoms with van der Waals surface area (Å²) in [5.41, 5.74) is 4.23. The van der Waals surface area contributed by atoms with Gasteiger partial charge in [0.2, 0.25) is 0 Å². The Labute approximate surface area is 155 Å². The number of hydrogen-bond donors (Lipinski definition) is 2. The van der Waals surface area contributed by atoms with Crippen LogP contribution < -0.4 is 5.32 Å². The van der Waals surface area contributed by atoms with Gasteiger partial charge < -0.3 is 5.11 Å². The Morgan fingerprint density at radius 3 is 2.46 bits per heavy atom. The summed E-state index contributed by atoms with van der Waals surface area (Å²) in [5.74, 6) is -1.20. The zero-order valence-corrected chi connectivity index (χ0v) is 15.3. The maximum absolute atomic E-state index is 12.3. The van der Waals surface area contributed by atoms with Gasteiger partial charge in [-0.05, 0) is 43.2 Å². The smallest absolute Gasteiger partial charge is 0.308 e. The minimum atomic E-state index is -0.931. The maximum atomic E-state index is 12.3. The van der Waals surface area contributed by atoms with Crippen molar-refractivity contribution < 1.29 is 14.7 Å². The van der Waals surface area contributed by atoms with Crippen LogP contribution in [0.15, 0.2) is 48.5 Å². The number of nitrogens with zero attached hydrogens (tertiary/aromatic N) is 1. The molecule has 0 saturated carbocycles. The van der Waals surface area contributed by atoms with Crippen LogP contribution in [0.1, 0.15) is 26.4 Å². The van der Waals surface area contributed by atoms with Crippen molar-refractivity contribution >= 4 is 28.3 Å². The van der Waals surface area contributed by atoms with Gasteiger partial charge in [0.1, 0.15) is 0 Å². The van der Waals surface area contributed by atoms with Crippen LogP contribution in [0.4, 0.5) is 5.13 Å². The van der Waals surface area contributed by atoms with E-state index in [0.717, 1.165) is 16.7 Å². The number of thiazole rings is 1. The lowest BCUT2D eigenvalue weighted by molar-refractivity contribution is -0.136. The van der Waals surface area contributed by atoms with Crippen molar-refractivity contribution in [2.24, 2.45) is 0 Å². The predicted octanol–water partition coefficient (Wildman–Crippen LogP) is 4.31. The van der Waals surface area contributed by atoms with E-state index in [2.05, 4.69) is 10.3 Å². The number of benzene rings is 2. The molecule has 132 valence electrons. The van der Waals surface area contributed by atoms with Crippen molar-refractivity contribution in [3.63, 3.8) is 0 Å². The minimum absolute atomic E-state index is 0.138. The molecule has 5 nitrogen and oxygen atoms in total. The highest BCUT2D eigenvalue weighted by Gasteiger charge is 2.18. The second-order valence-electron chi connectivity index (χ2n) is 5.98. The van der Waals surface area contributed by atoms with Gasteiger partial charge in [0.15, 0.2) is 5.13 Å². The van der Waals surface area contributed by atoms with Crippen molar-refractivity contribution in [2.75, 3.05) is 5.32 Å². The molecule has 0 unspecified atom stereocenters. The standard InChI is InChI=1S/C20H18N2O3S/c1-12-8-9-15(10-13(12)2)18-16(11-17(23)24)26-20(21-18)22-19(25)14-6-4-3-5-7-14/h3-10H,11H2,1-2H3,(H,23,24)(H,21,22,25). The number of carbonyl (C=O) groups is 2. The van der Waals surface area contributed by atoms with Gasteiger partial charge in [-0.15, -0.1) is 11.3 Å². The van der Waals surface area contributed by atoms with Gasteiger partial charge in [-0.25, -0.2) is 4.98 Å². The summed E-state index contributed by atoms with van der Waals surface area (Å²) < 4.78 is 0. The summed E-state index contributed by atoms with van der Waals surface area (Å²) in [6, 6.07) is 14.7. The number of carboxylic acid groups (broad SMARTS) is 1. The van der Waals surface area contributed by atoms with E-state index in [1.165, 1.54) is 11.3 Å². The van der Waals surface area contributed by atoms with Crippen molar-refractivity contribution in [2.45, 2.75) is 20.3 Å². The van der Waals surface area contributed by atoms with Crippen LogP contribution in [0.5, 0.6) is 0 Å². The fourth-order valence-corrected chi connectivity index (χ4v) is 3.51. The number of carbonyl (C=O) groups excluding carboxylic acids is 1. The molecule has 1 amide bonds. The van der Waals surface area contributed by atoms with E-state index in [9.17, 15) is 14.7 Å². The fraction of sp³-hybridized carbons (Fsp3) is 0.150. The first-order chi connectivity index (χ1) is 12.4. The molecule has 26 heavy (non-hydrogen) atoms. The zero-order chi connectivity index (χ0) is 18.7.